The van der Waals surface area contributed by atoms with Crippen molar-refractivity contribution in [3.8, 4) is 0 Å². The van der Waals surface area contributed by atoms with Crippen molar-refractivity contribution in [2.45, 2.75) is 43.2 Å². The maximum absolute atomic E-state index is 13.3. The van der Waals surface area contributed by atoms with E-state index in [0.717, 1.165) is 62.4 Å². The van der Waals surface area contributed by atoms with Gasteiger partial charge in [0.1, 0.15) is 0 Å². The summed E-state index contributed by atoms with van der Waals surface area (Å²) in [5, 5.41) is 4.80. The van der Waals surface area contributed by atoms with Crippen LogP contribution in [0.2, 0.25) is 0 Å². The number of unbranched alkanes of at least 4 members (excludes halogenated alkanes) is 1. The van der Waals surface area contributed by atoms with Gasteiger partial charge in [0, 0.05) is 56.0 Å². The second-order valence-corrected chi connectivity index (χ2v) is 13.5. The Morgan fingerprint density at radius 2 is 1.42 bits per heavy atom. The second-order valence-electron chi connectivity index (χ2n) is 11.7. The van der Waals surface area contributed by atoms with Crippen LogP contribution in [0.3, 0.4) is 0 Å². The van der Waals surface area contributed by atoms with Crippen molar-refractivity contribution >= 4 is 39.0 Å². The molecule has 43 heavy (non-hydrogen) atoms. The molecule has 6 rings (SSSR count). The van der Waals surface area contributed by atoms with Gasteiger partial charge in [-0.05, 0) is 87.8 Å². The van der Waals surface area contributed by atoms with Crippen LogP contribution in [0.4, 0.5) is 5.69 Å². The number of nitrogens with one attached hydrogen (secondary N) is 1. The first-order chi connectivity index (χ1) is 20.6. The van der Waals surface area contributed by atoms with Crippen molar-refractivity contribution in [3.05, 3.63) is 96.7 Å². The Balaban J connectivity index is 0.00000368. The molecule has 0 spiro atoms. The fourth-order valence-electron chi connectivity index (χ4n) is 6.43. The first kappa shape index (κ1) is 31.5. The zero-order valence-corrected chi connectivity index (χ0v) is 26.5. The highest BCUT2D eigenvalue weighted by atomic mass is 35.5. The lowest BCUT2D eigenvalue weighted by atomic mass is 10.0. The summed E-state index contributed by atoms with van der Waals surface area (Å²) in [4.78, 5) is 7.87. The highest BCUT2D eigenvalue weighted by Gasteiger charge is 2.23. The third-order valence-electron chi connectivity index (χ3n) is 8.86. The minimum absolute atomic E-state index is 0. The van der Waals surface area contributed by atoms with Crippen LogP contribution >= 0.6 is 12.4 Å². The van der Waals surface area contributed by atoms with Crippen LogP contribution in [0.1, 0.15) is 31.2 Å². The number of piperazine rings is 1. The standard InChI is InChI=1S/C34H43N5O2S.ClH/c40-42(41,31-12-5-2-6-13-31)39-23-18-32-33(14-9-15-34(32)39)38-26-24-36(25-27-38)20-8-7-19-35-30-16-21-37(22-17-30)28-29-10-3-1-4-11-29;/h1-6,9-15,18,23,30,35H,7-8,16-17,19-22,24-28H2;1H. The van der Waals surface area contributed by atoms with E-state index >= 15 is 0 Å². The Kier molecular flexibility index (Phi) is 10.8. The fourth-order valence-corrected chi connectivity index (χ4v) is 7.80. The summed E-state index contributed by atoms with van der Waals surface area (Å²) >= 11 is 0. The number of fused-ring (bicyclic) bond motifs is 1. The molecule has 2 fully saturated rings. The lowest BCUT2D eigenvalue weighted by molar-refractivity contribution is 0.190. The quantitative estimate of drug-likeness (QED) is 0.225. The summed E-state index contributed by atoms with van der Waals surface area (Å²) in [6, 6.07) is 28.0. The molecule has 2 aliphatic rings. The predicted molar refractivity (Wildman–Crippen MR) is 179 cm³/mol. The molecule has 7 nitrogen and oxygen atoms in total. The molecule has 3 aromatic carbocycles. The van der Waals surface area contributed by atoms with Crippen LogP contribution in [0.5, 0.6) is 0 Å². The smallest absolute Gasteiger partial charge is 0.268 e. The van der Waals surface area contributed by atoms with Gasteiger partial charge in [-0.2, -0.15) is 0 Å². The Morgan fingerprint density at radius 3 is 2.14 bits per heavy atom. The molecule has 230 valence electrons. The Morgan fingerprint density at radius 1 is 0.721 bits per heavy atom. The van der Waals surface area contributed by atoms with E-state index in [-0.39, 0.29) is 12.4 Å². The minimum Gasteiger partial charge on any atom is -0.368 e. The van der Waals surface area contributed by atoms with Crippen LogP contribution in [0.25, 0.3) is 10.9 Å². The van der Waals surface area contributed by atoms with Crippen LogP contribution in [0.15, 0.2) is 96.0 Å². The molecule has 4 aromatic rings. The summed E-state index contributed by atoms with van der Waals surface area (Å²) in [7, 11) is -3.63. The molecule has 1 aromatic heterocycles. The molecule has 2 saturated heterocycles. The molecule has 0 atom stereocenters. The van der Waals surface area contributed by atoms with E-state index < -0.39 is 10.0 Å². The Hall–Kier alpha value is -2.88. The molecule has 0 saturated carbocycles. The first-order valence-corrected chi connectivity index (χ1v) is 16.9. The number of likely N-dealkylation sites (tertiary alicyclic amines) is 1. The maximum Gasteiger partial charge on any atom is 0.268 e. The third kappa shape index (κ3) is 7.62. The normalized spacial score (nSPS) is 17.3. The van der Waals surface area contributed by atoms with Gasteiger partial charge < -0.3 is 10.2 Å². The number of anilines is 1. The number of benzene rings is 3. The molecule has 3 heterocycles. The number of nitrogens with zero attached hydrogens (tertiary/aromatic N) is 4. The minimum atomic E-state index is -3.63. The lowest BCUT2D eigenvalue weighted by Gasteiger charge is -2.36. The van der Waals surface area contributed by atoms with Crippen LogP contribution in [-0.2, 0) is 16.6 Å². The van der Waals surface area contributed by atoms with Crippen molar-refractivity contribution < 1.29 is 8.42 Å². The Bertz CT molecular complexity index is 1530. The lowest BCUT2D eigenvalue weighted by Crippen LogP contribution is -2.46. The van der Waals surface area contributed by atoms with Crippen molar-refractivity contribution in [2.24, 2.45) is 0 Å². The maximum atomic E-state index is 13.3. The number of piperidine rings is 1. The summed E-state index contributed by atoms with van der Waals surface area (Å²) in [5.41, 5.74) is 3.26. The zero-order valence-electron chi connectivity index (χ0n) is 24.9. The summed E-state index contributed by atoms with van der Waals surface area (Å²) in [6.07, 6.45) is 6.60. The second kappa shape index (κ2) is 14.7. The van der Waals surface area contributed by atoms with E-state index in [9.17, 15) is 8.42 Å². The topological polar surface area (TPSA) is 60.8 Å². The van der Waals surface area contributed by atoms with Gasteiger partial charge in [0.15, 0.2) is 0 Å². The van der Waals surface area contributed by atoms with Gasteiger partial charge in [0.25, 0.3) is 10.0 Å². The van der Waals surface area contributed by atoms with Gasteiger partial charge in [-0.1, -0.05) is 54.6 Å². The van der Waals surface area contributed by atoms with Crippen molar-refractivity contribution in [1.29, 1.82) is 0 Å². The summed E-state index contributed by atoms with van der Waals surface area (Å²) in [5.74, 6) is 0. The zero-order chi connectivity index (χ0) is 28.8. The monoisotopic (exact) mass is 621 g/mol. The van der Waals surface area contributed by atoms with Gasteiger partial charge in [-0.15, -0.1) is 12.4 Å². The van der Waals surface area contributed by atoms with Crippen LogP contribution in [-0.4, -0.2) is 80.6 Å². The highest BCUT2D eigenvalue weighted by molar-refractivity contribution is 7.90. The fraction of sp³-hybridized carbons (Fsp3) is 0.412. The number of rotatable bonds is 11. The third-order valence-corrected chi connectivity index (χ3v) is 10.6. The highest BCUT2D eigenvalue weighted by Crippen LogP contribution is 2.31. The molecule has 2 aliphatic heterocycles. The van der Waals surface area contributed by atoms with E-state index in [4.69, 9.17) is 0 Å². The molecular weight excluding hydrogens is 578 g/mol. The van der Waals surface area contributed by atoms with E-state index in [1.165, 1.54) is 48.3 Å². The van der Waals surface area contributed by atoms with Crippen molar-refractivity contribution in [2.75, 3.05) is 57.3 Å². The predicted octanol–water partition coefficient (Wildman–Crippen LogP) is 5.46. The summed E-state index contributed by atoms with van der Waals surface area (Å²) < 4.78 is 28.0. The molecule has 0 bridgehead atoms. The van der Waals surface area contributed by atoms with E-state index in [1.54, 1.807) is 30.5 Å². The molecule has 0 aliphatic carbocycles. The van der Waals surface area contributed by atoms with Gasteiger partial charge in [0.2, 0.25) is 0 Å². The average Bonchev–Trinajstić information content (AvgIpc) is 3.49. The number of hydrogen-bond donors (Lipinski definition) is 1. The summed E-state index contributed by atoms with van der Waals surface area (Å²) in [6.45, 7) is 9.65. The number of hydrogen-bond acceptors (Lipinski definition) is 6. The molecular formula is C34H44ClN5O2S. The van der Waals surface area contributed by atoms with Crippen molar-refractivity contribution in [1.82, 2.24) is 19.1 Å². The number of halogens is 1. The number of aromatic nitrogens is 1. The molecule has 0 amide bonds. The van der Waals surface area contributed by atoms with Gasteiger partial charge in [0.05, 0.1) is 10.4 Å². The van der Waals surface area contributed by atoms with Crippen LogP contribution < -0.4 is 10.2 Å². The van der Waals surface area contributed by atoms with E-state index in [1.807, 2.05) is 24.3 Å². The molecule has 9 heteroatoms. The van der Waals surface area contributed by atoms with Gasteiger partial charge in [-0.25, -0.2) is 12.4 Å². The molecule has 0 unspecified atom stereocenters. The average molecular weight is 622 g/mol. The molecule has 1 N–H and O–H groups in total. The van der Waals surface area contributed by atoms with Gasteiger partial charge in [-0.3, -0.25) is 9.80 Å². The SMILES string of the molecule is Cl.O=S(=O)(c1ccccc1)n1ccc2c(N3CCN(CCCCNC4CCN(Cc5ccccc5)CC4)CC3)cccc21. The Labute approximate surface area is 262 Å². The van der Waals surface area contributed by atoms with E-state index in [2.05, 4.69) is 56.4 Å². The van der Waals surface area contributed by atoms with Gasteiger partial charge >= 0.3 is 0 Å². The van der Waals surface area contributed by atoms with E-state index in [0.29, 0.717) is 10.9 Å². The first-order valence-electron chi connectivity index (χ1n) is 15.5. The molecule has 0 radical (unpaired) electrons. The van der Waals surface area contributed by atoms with Crippen molar-refractivity contribution in [3.63, 3.8) is 0 Å². The van der Waals surface area contributed by atoms with Crippen LogP contribution in [0, 0.1) is 0 Å². The largest absolute Gasteiger partial charge is 0.368 e.